The number of hydrogen-bond donors (Lipinski definition) is 4. The molecule has 4 N–H and O–H groups in total. The highest BCUT2D eigenvalue weighted by molar-refractivity contribution is 7.47. The quantitative estimate of drug-likeness (QED) is 0.0201. The van der Waals surface area contributed by atoms with Crippen LogP contribution in [0.15, 0.2) is 12.2 Å². The van der Waals surface area contributed by atoms with Crippen LogP contribution in [-0.4, -0.2) is 64.9 Å². The molecule has 12 heteroatoms. The lowest BCUT2D eigenvalue weighted by molar-refractivity contribution is -0.147. The first-order valence-corrected chi connectivity index (χ1v) is 24.2. The molecule has 0 heterocycles. The van der Waals surface area contributed by atoms with Gasteiger partial charge in [0, 0.05) is 12.8 Å². The van der Waals surface area contributed by atoms with Gasteiger partial charge < -0.3 is 25.2 Å². The maximum absolute atomic E-state index is 12.3. The first kappa shape index (κ1) is 54.2. The monoisotopic (exact) mass is 818 g/mol. The van der Waals surface area contributed by atoms with Crippen molar-refractivity contribution in [1.82, 2.24) is 5.32 Å². The molecule has 11 nitrogen and oxygen atoms in total. The maximum Gasteiger partial charge on any atom is 0.472 e. The lowest BCUT2D eigenvalue weighted by Gasteiger charge is -2.18. The van der Waals surface area contributed by atoms with E-state index >= 15 is 0 Å². The van der Waals surface area contributed by atoms with E-state index in [4.69, 9.17) is 13.8 Å². The van der Waals surface area contributed by atoms with Crippen LogP contribution >= 0.6 is 7.82 Å². The summed E-state index contributed by atoms with van der Waals surface area (Å²) in [5, 5.41) is 21.8. The van der Waals surface area contributed by atoms with E-state index in [2.05, 4.69) is 31.3 Å². The Balaban J connectivity index is 3.85. The zero-order valence-electron chi connectivity index (χ0n) is 35.7. The Bertz CT molecular complexity index is 1010. The van der Waals surface area contributed by atoms with Crippen LogP contribution in [0.4, 0.5) is 0 Å². The summed E-state index contributed by atoms with van der Waals surface area (Å²) >= 11 is 0. The topological polar surface area (TPSA) is 169 Å². The zero-order chi connectivity index (χ0) is 41.4. The molecule has 0 fully saturated rings. The number of phosphoric ester groups is 1. The van der Waals surface area contributed by atoms with Crippen LogP contribution in [0.3, 0.4) is 0 Å². The van der Waals surface area contributed by atoms with Gasteiger partial charge in [-0.15, -0.1) is 0 Å². The van der Waals surface area contributed by atoms with Crippen molar-refractivity contribution in [3.63, 3.8) is 0 Å². The molecule has 0 aromatic carbocycles. The van der Waals surface area contributed by atoms with Gasteiger partial charge in [0.2, 0.25) is 5.91 Å². The van der Waals surface area contributed by atoms with E-state index in [1.165, 1.54) is 122 Å². The first-order valence-electron chi connectivity index (χ1n) is 22.7. The second kappa shape index (κ2) is 40.0. The molecule has 0 saturated carbocycles. The summed E-state index contributed by atoms with van der Waals surface area (Å²) in [4.78, 5) is 45.9. The minimum atomic E-state index is -4.75. The number of esters is 1. The molecule has 0 aromatic heterocycles. The van der Waals surface area contributed by atoms with Gasteiger partial charge in [0.1, 0.15) is 12.7 Å². The molecule has 3 unspecified atom stereocenters. The molecule has 0 aliphatic heterocycles. The first-order chi connectivity index (χ1) is 27.1. The van der Waals surface area contributed by atoms with Crippen molar-refractivity contribution in [2.45, 2.75) is 231 Å². The number of aliphatic hydroxyl groups is 1. The van der Waals surface area contributed by atoms with Gasteiger partial charge in [0.15, 0.2) is 6.04 Å². The predicted octanol–water partition coefficient (Wildman–Crippen LogP) is 11.7. The number of rotatable bonds is 43. The van der Waals surface area contributed by atoms with Gasteiger partial charge >= 0.3 is 19.8 Å². The molecule has 56 heavy (non-hydrogen) atoms. The normalized spacial score (nSPS) is 13.8. The van der Waals surface area contributed by atoms with Crippen molar-refractivity contribution in [1.29, 1.82) is 0 Å². The predicted molar refractivity (Wildman–Crippen MR) is 226 cm³/mol. The number of nitrogens with one attached hydrogen (secondary N) is 1. The number of hydrogen-bond acceptors (Lipinski definition) is 8. The van der Waals surface area contributed by atoms with Gasteiger partial charge in [-0.3, -0.25) is 18.6 Å². The SMILES string of the molecule is CCCCC/C=C\CCCCCCCC(=O)OCC(O)COP(=O)(O)OCC(NC(=O)CCCCCCCCCCCCCCCCCCCCCC)C(=O)O. The van der Waals surface area contributed by atoms with Gasteiger partial charge in [-0.2, -0.15) is 0 Å². The van der Waals surface area contributed by atoms with Crippen LogP contribution in [0.25, 0.3) is 0 Å². The maximum atomic E-state index is 12.3. The third kappa shape index (κ3) is 39.1. The molecular weight excluding hydrogens is 733 g/mol. The van der Waals surface area contributed by atoms with E-state index in [0.29, 0.717) is 12.8 Å². The molecule has 0 spiro atoms. The number of carboxylic acids is 1. The highest BCUT2D eigenvalue weighted by atomic mass is 31.2. The zero-order valence-corrected chi connectivity index (χ0v) is 36.6. The second-order valence-electron chi connectivity index (χ2n) is 15.6. The van der Waals surface area contributed by atoms with Crippen molar-refractivity contribution in [2.75, 3.05) is 19.8 Å². The van der Waals surface area contributed by atoms with Crippen LogP contribution in [-0.2, 0) is 32.7 Å². The molecule has 0 aliphatic carbocycles. The lowest BCUT2D eigenvalue weighted by Crippen LogP contribution is -2.43. The smallest absolute Gasteiger partial charge is 0.472 e. The van der Waals surface area contributed by atoms with Crippen molar-refractivity contribution < 1.29 is 47.8 Å². The summed E-state index contributed by atoms with van der Waals surface area (Å²) < 4.78 is 26.8. The number of carbonyl (C=O) groups excluding carboxylic acids is 2. The molecule has 0 bridgehead atoms. The number of unbranched alkanes of at least 4 members (excludes halogenated alkanes) is 27. The largest absolute Gasteiger partial charge is 0.480 e. The molecule has 0 saturated heterocycles. The summed E-state index contributed by atoms with van der Waals surface area (Å²) in [7, 11) is -4.75. The Labute approximate surface area is 341 Å². The number of phosphoric acid groups is 1. The fourth-order valence-electron chi connectivity index (χ4n) is 6.49. The van der Waals surface area contributed by atoms with E-state index in [0.717, 1.165) is 57.8 Å². The third-order valence-corrected chi connectivity index (χ3v) is 11.0. The number of aliphatic carboxylic acids is 1. The fraction of sp³-hybridized carbons (Fsp3) is 0.886. The van der Waals surface area contributed by atoms with Gasteiger partial charge in [0.05, 0.1) is 13.2 Å². The Kier molecular flexibility index (Phi) is 38.7. The number of carboxylic acid groups (broad SMARTS) is 1. The van der Waals surface area contributed by atoms with E-state index < -0.39 is 57.6 Å². The molecule has 0 rings (SSSR count). The minimum absolute atomic E-state index is 0.151. The Morgan fingerprint density at radius 2 is 0.929 bits per heavy atom. The van der Waals surface area contributed by atoms with Gasteiger partial charge in [-0.05, 0) is 38.5 Å². The van der Waals surface area contributed by atoms with Crippen LogP contribution in [0.1, 0.15) is 219 Å². The Hall–Kier alpha value is -1.78. The van der Waals surface area contributed by atoms with Crippen LogP contribution in [0, 0.1) is 0 Å². The molecule has 0 radical (unpaired) electrons. The lowest BCUT2D eigenvalue weighted by atomic mass is 10.0. The number of carbonyl (C=O) groups is 3. The highest BCUT2D eigenvalue weighted by Crippen LogP contribution is 2.43. The minimum Gasteiger partial charge on any atom is -0.480 e. The van der Waals surface area contributed by atoms with Gasteiger partial charge in [-0.1, -0.05) is 180 Å². The second-order valence-corrected chi connectivity index (χ2v) is 17.0. The van der Waals surface area contributed by atoms with E-state index in [1.807, 2.05) is 0 Å². The van der Waals surface area contributed by atoms with Crippen LogP contribution in [0.2, 0.25) is 0 Å². The molecule has 330 valence electrons. The molecule has 0 aliphatic rings. The Morgan fingerprint density at radius 1 is 0.554 bits per heavy atom. The van der Waals surface area contributed by atoms with Gasteiger partial charge in [-0.25, -0.2) is 9.36 Å². The highest BCUT2D eigenvalue weighted by Gasteiger charge is 2.28. The molecule has 3 atom stereocenters. The average molecular weight is 818 g/mol. The van der Waals surface area contributed by atoms with Crippen molar-refractivity contribution in [3.8, 4) is 0 Å². The summed E-state index contributed by atoms with van der Waals surface area (Å²) in [6, 6.07) is -1.54. The Morgan fingerprint density at radius 3 is 1.39 bits per heavy atom. The summed E-state index contributed by atoms with van der Waals surface area (Å²) in [5.41, 5.74) is 0. The van der Waals surface area contributed by atoms with E-state index in [1.54, 1.807) is 0 Å². The number of allylic oxidation sites excluding steroid dienone is 2. The molecular formula is C44H84NO10P. The van der Waals surface area contributed by atoms with Crippen molar-refractivity contribution in [2.24, 2.45) is 0 Å². The van der Waals surface area contributed by atoms with Crippen LogP contribution < -0.4 is 5.32 Å². The summed E-state index contributed by atoms with van der Waals surface area (Å²) in [6.07, 6.45) is 39.5. The van der Waals surface area contributed by atoms with Crippen molar-refractivity contribution >= 4 is 25.7 Å². The summed E-state index contributed by atoms with van der Waals surface area (Å²) in [6.45, 7) is 2.58. The standard InChI is InChI=1S/C44H84NO10P/c1-3-5-7-9-11-13-15-17-18-19-20-21-22-23-24-25-27-29-31-33-35-42(47)45-41(44(49)50)39-55-56(51,52)54-38-40(46)37-53-43(48)36-34-32-30-28-26-16-14-12-10-8-6-4-2/h12,14,40-41,46H,3-11,13,15-39H2,1-2H3,(H,45,47)(H,49,50)(H,51,52)/b14-12-. The van der Waals surface area contributed by atoms with Gasteiger partial charge in [0.25, 0.3) is 0 Å². The van der Waals surface area contributed by atoms with E-state index in [-0.39, 0.29) is 12.8 Å². The summed E-state index contributed by atoms with van der Waals surface area (Å²) in [5.74, 6) is -2.37. The molecule has 1 amide bonds. The van der Waals surface area contributed by atoms with Crippen LogP contribution in [0.5, 0.6) is 0 Å². The number of amides is 1. The fourth-order valence-corrected chi connectivity index (χ4v) is 7.26. The third-order valence-electron chi connectivity index (χ3n) is 10.1. The number of ether oxygens (including phenoxy) is 1. The van der Waals surface area contributed by atoms with Crippen molar-refractivity contribution in [3.05, 3.63) is 12.2 Å². The number of aliphatic hydroxyl groups excluding tert-OH is 1. The van der Waals surface area contributed by atoms with E-state index in [9.17, 15) is 34.1 Å². The average Bonchev–Trinajstić information content (AvgIpc) is 3.17. The molecule has 0 aromatic rings.